The molecule has 0 unspecified atom stereocenters. The van der Waals surface area contributed by atoms with Crippen molar-refractivity contribution in [1.82, 2.24) is 9.55 Å². The van der Waals surface area contributed by atoms with Crippen molar-refractivity contribution in [2.75, 3.05) is 5.32 Å². The molecule has 31 heavy (non-hydrogen) atoms. The summed E-state index contributed by atoms with van der Waals surface area (Å²) in [5.41, 5.74) is 2.78. The monoisotopic (exact) mass is 438 g/mol. The number of hydrogen-bond donors (Lipinski definition) is 2. The molecule has 0 amide bonds. The van der Waals surface area contributed by atoms with Gasteiger partial charge in [-0.25, -0.2) is 9.78 Å². The summed E-state index contributed by atoms with van der Waals surface area (Å²) in [7, 11) is -3.80. The van der Waals surface area contributed by atoms with Gasteiger partial charge in [0.1, 0.15) is 16.6 Å². The van der Waals surface area contributed by atoms with Crippen LogP contribution in [0, 0.1) is 0 Å². The molecular formula is C22H22N4O4S. The highest BCUT2D eigenvalue weighted by Gasteiger charge is 2.27. The molecule has 0 atom stereocenters. The third-order valence-corrected chi connectivity index (χ3v) is 7.37. The van der Waals surface area contributed by atoms with Gasteiger partial charge in [-0.3, -0.25) is 0 Å². The summed E-state index contributed by atoms with van der Waals surface area (Å²) in [4.78, 5) is 16.3. The van der Waals surface area contributed by atoms with E-state index in [0.717, 1.165) is 31.2 Å². The molecule has 1 saturated carbocycles. The predicted molar refractivity (Wildman–Crippen MR) is 118 cm³/mol. The van der Waals surface area contributed by atoms with Gasteiger partial charge in [-0.2, -0.15) is 8.42 Å². The second kappa shape index (κ2) is 7.19. The van der Waals surface area contributed by atoms with Gasteiger partial charge in [0.15, 0.2) is 0 Å². The van der Waals surface area contributed by atoms with Crippen LogP contribution in [0.15, 0.2) is 45.7 Å². The molecule has 3 aromatic rings. The van der Waals surface area contributed by atoms with Crippen molar-refractivity contribution >= 4 is 38.5 Å². The van der Waals surface area contributed by atoms with Crippen LogP contribution >= 0.6 is 0 Å². The Balaban J connectivity index is 1.72. The number of sulfonamides is 1. The third kappa shape index (κ3) is 3.38. The maximum Gasteiger partial charge on any atom is 0.335 e. The fourth-order valence-corrected chi connectivity index (χ4v) is 5.75. The predicted octanol–water partition coefficient (Wildman–Crippen LogP) is 4.44. The number of carboxylic acids is 1. The molecule has 8 nitrogen and oxygen atoms in total. The van der Waals surface area contributed by atoms with Gasteiger partial charge >= 0.3 is 5.97 Å². The standard InChI is InChI=1S/C22H22N4O4S/c1-13-23-17-9-7-14(12-20(17)31(29,30)25-13)21-24-18-11-15(22(27)28)8-10-19(18)26(21)16-5-3-2-4-6-16/h7-12,16H,2-6H2,1H3,(H,23,25)(H,27,28). The highest BCUT2D eigenvalue weighted by molar-refractivity contribution is 7.90. The van der Waals surface area contributed by atoms with E-state index in [1.807, 2.05) is 6.07 Å². The molecule has 1 aromatic heterocycles. The summed E-state index contributed by atoms with van der Waals surface area (Å²) in [6.07, 6.45) is 5.45. The molecule has 2 aliphatic rings. The molecule has 1 aliphatic heterocycles. The zero-order valence-corrected chi connectivity index (χ0v) is 17.8. The Labute approximate surface area is 179 Å². The Morgan fingerprint density at radius 2 is 1.90 bits per heavy atom. The summed E-state index contributed by atoms with van der Waals surface area (Å²) >= 11 is 0. The Morgan fingerprint density at radius 3 is 2.65 bits per heavy atom. The normalized spacial score (nSPS) is 18.3. The summed E-state index contributed by atoms with van der Waals surface area (Å²) in [5, 5.41) is 12.4. The number of carbonyl (C=O) groups is 1. The number of imidazole rings is 1. The molecule has 0 bridgehead atoms. The minimum absolute atomic E-state index is 0.115. The summed E-state index contributed by atoms with van der Waals surface area (Å²) in [6, 6.07) is 10.4. The number of nitrogens with one attached hydrogen (secondary N) is 1. The summed E-state index contributed by atoms with van der Waals surface area (Å²) < 4.78 is 31.2. The van der Waals surface area contributed by atoms with Crippen LogP contribution in [0.2, 0.25) is 0 Å². The molecule has 0 radical (unpaired) electrons. The number of aromatic carboxylic acids is 1. The fraction of sp³-hybridized carbons (Fsp3) is 0.318. The van der Waals surface area contributed by atoms with Crippen molar-refractivity contribution in [3.05, 3.63) is 42.0 Å². The fourth-order valence-electron chi connectivity index (χ4n) is 4.57. The first-order valence-electron chi connectivity index (χ1n) is 10.3. The molecule has 1 fully saturated rings. The van der Waals surface area contributed by atoms with Crippen molar-refractivity contribution in [3.63, 3.8) is 0 Å². The van der Waals surface area contributed by atoms with Crippen molar-refractivity contribution in [2.24, 2.45) is 4.40 Å². The van der Waals surface area contributed by atoms with E-state index in [9.17, 15) is 18.3 Å². The second-order valence-corrected chi connectivity index (χ2v) is 9.67. The average Bonchev–Trinajstić information content (AvgIpc) is 3.12. The molecule has 9 heteroatoms. The van der Waals surface area contributed by atoms with Gasteiger partial charge in [0.05, 0.1) is 22.3 Å². The molecule has 5 rings (SSSR count). The van der Waals surface area contributed by atoms with Gasteiger partial charge in [-0.1, -0.05) is 19.3 Å². The molecule has 1 aliphatic carbocycles. The van der Waals surface area contributed by atoms with Crippen molar-refractivity contribution < 1.29 is 18.3 Å². The maximum atomic E-state index is 12.6. The van der Waals surface area contributed by atoms with Crippen LogP contribution in [0.5, 0.6) is 0 Å². The van der Waals surface area contributed by atoms with E-state index < -0.39 is 16.0 Å². The first-order chi connectivity index (χ1) is 14.8. The molecule has 160 valence electrons. The highest BCUT2D eigenvalue weighted by Crippen LogP contribution is 2.38. The average molecular weight is 439 g/mol. The number of rotatable bonds is 3. The minimum Gasteiger partial charge on any atom is -0.478 e. The lowest BCUT2D eigenvalue weighted by molar-refractivity contribution is 0.0697. The molecule has 2 heterocycles. The number of carboxylic acid groups (broad SMARTS) is 1. The Hall–Kier alpha value is -3.20. The second-order valence-electron chi connectivity index (χ2n) is 8.09. The van der Waals surface area contributed by atoms with Gasteiger partial charge in [-0.05, 0) is 56.2 Å². The summed E-state index contributed by atoms with van der Waals surface area (Å²) in [6.45, 7) is 1.61. The Kier molecular flexibility index (Phi) is 4.58. The molecule has 0 spiro atoms. The molecule has 0 saturated heterocycles. The van der Waals surface area contributed by atoms with Crippen molar-refractivity contribution in [1.29, 1.82) is 0 Å². The van der Waals surface area contributed by atoms with Crippen LogP contribution in [0.4, 0.5) is 5.69 Å². The quantitative estimate of drug-likeness (QED) is 0.625. The number of aromatic nitrogens is 2. The van der Waals surface area contributed by atoms with Crippen LogP contribution in [-0.2, 0) is 10.0 Å². The zero-order valence-electron chi connectivity index (χ0n) is 17.0. The SMILES string of the molecule is CC1=NS(=O)(=O)c2cc(-c3nc4cc(C(=O)O)ccc4n3C3CCCCC3)ccc2N1. The van der Waals surface area contributed by atoms with Crippen molar-refractivity contribution in [2.45, 2.75) is 50.0 Å². The number of nitrogens with zero attached hydrogens (tertiary/aromatic N) is 3. The third-order valence-electron chi connectivity index (χ3n) is 5.97. The number of amidine groups is 1. The lowest BCUT2D eigenvalue weighted by Gasteiger charge is -2.26. The minimum atomic E-state index is -3.80. The molecular weight excluding hydrogens is 416 g/mol. The van der Waals surface area contributed by atoms with Gasteiger partial charge in [0, 0.05) is 11.6 Å². The first-order valence-corrected chi connectivity index (χ1v) is 11.8. The Bertz CT molecular complexity index is 1350. The van der Waals surface area contributed by atoms with Crippen LogP contribution in [0.25, 0.3) is 22.4 Å². The van der Waals surface area contributed by atoms with Crippen LogP contribution in [-0.4, -0.2) is 34.9 Å². The van der Waals surface area contributed by atoms with Crippen molar-refractivity contribution in [3.8, 4) is 11.4 Å². The van der Waals surface area contributed by atoms with Gasteiger partial charge in [0.2, 0.25) is 0 Å². The molecule has 2 aromatic carbocycles. The smallest absolute Gasteiger partial charge is 0.335 e. The molecule has 2 N–H and O–H groups in total. The first kappa shape index (κ1) is 19.7. The van der Waals surface area contributed by atoms with E-state index in [1.54, 1.807) is 37.3 Å². The topological polar surface area (TPSA) is 114 Å². The largest absolute Gasteiger partial charge is 0.478 e. The number of anilines is 1. The van der Waals surface area contributed by atoms with Gasteiger partial charge in [0.25, 0.3) is 10.0 Å². The summed E-state index contributed by atoms with van der Waals surface area (Å²) in [5.74, 6) is -0.0283. The van der Waals surface area contributed by atoms with E-state index in [0.29, 0.717) is 28.4 Å². The number of fused-ring (bicyclic) bond motifs is 2. The van der Waals surface area contributed by atoms with Crippen LogP contribution in [0.3, 0.4) is 0 Å². The van der Waals surface area contributed by atoms with E-state index in [1.165, 1.54) is 6.42 Å². The van der Waals surface area contributed by atoms with E-state index in [2.05, 4.69) is 14.3 Å². The number of benzene rings is 2. The lowest BCUT2D eigenvalue weighted by atomic mass is 9.94. The van der Waals surface area contributed by atoms with Gasteiger partial charge < -0.3 is 15.0 Å². The van der Waals surface area contributed by atoms with E-state index in [-0.39, 0.29) is 16.5 Å². The number of hydrogen-bond acceptors (Lipinski definition) is 5. The van der Waals surface area contributed by atoms with Crippen LogP contribution in [0.1, 0.15) is 55.4 Å². The van der Waals surface area contributed by atoms with E-state index >= 15 is 0 Å². The van der Waals surface area contributed by atoms with Crippen LogP contribution < -0.4 is 5.32 Å². The van der Waals surface area contributed by atoms with E-state index in [4.69, 9.17) is 4.98 Å². The van der Waals surface area contributed by atoms with Gasteiger partial charge in [-0.15, -0.1) is 4.40 Å². The Morgan fingerprint density at radius 1 is 1.13 bits per heavy atom. The zero-order chi connectivity index (χ0) is 21.8. The lowest BCUT2D eigenvalue weighted by Crippen LogP contribution is -2.19. The maximum absolute atomic E-state index is 12.6. The highest BCUT2D eigenvalue weighted by atomic mass is 32.2.